The highest BCUT2D eigenvalue weighted by Crippen LogP contribution is 2.26. The predicted molar refractivity (Wildman–Crippen MR) is 95.0 cm³/mol. The Balaban J connectivity index is 2.08. The lowest BCUT2D eigenvalue weighted by atomic mass is 9.83. The van der Waals surface area contributed by atoms with Crippen LogP contribution in [0.2, 0.25) is 0 Å². The summed E-state index contributed by atoms with van der Waals surface area (Å²) >= 11 is 0. The van der Waals surface area contributed by atoms with Gasteiger partial charge in [0.15, 0.2) is 0 Å². The lowest BCUT2D eigenvalue weighted by molar-refractivity contribution is -0.142. The van der Waals surface area contributed by atoms with Crippen LogP contribution in [0.15, 0.2) is 24.3 Å². The largest absolute Gasteiger partial charge is 0.481 e. The summed E-state index contributed by atoms with van der Waals surface area (Å²) in [5.41, 5.74) is 1.77. The van der Waals surface area contributed by atoms with Crippen LogP contribution in [0, 0.1) is 12.8 Å². The van der Waals surface area contributed by atoms with E-state index in [1.165, 1.54) is 0 Å². The van der Waals surface area contributed by atoms with Gasteiger partial charge in [-0.15, -0.1) is 0 Å². The zero-order valence-corrected chi connectivity index (χ0v) is 14.8. The number of carboxylic acid groups (broad SMARTS) is 1. The van der Waals surface area contributed by atoms with Crippen molar-refractivity contribution in [3.8, 4) is 0 Å². The molecule has 132 valence electrons. The van der Waals surface area contributed by atoms with Crippen molar-refractivity contribution in [3.05, 3.63) is 41.0 Å². The zero-order valence-electron chi connectivity index (χ0n) is 14.8. The molecule has 0 spiro atoms. The highest BCUT2D eigenvalue weighted by Gasteiger charge is 2.29. The second kappa shape index (κ2) is 7.95. The summed E-state index contributed by atoms with van der Waals surface area (Å²) in [6.45, 7) is 6.94. The molecule has 1 aromatic carbocycles. The fraction of sp³-hybridized carbons (Fsp3) is 0.550. The van der Waals surface area contributed by atoms with Crippen molar-refractivity contribution in [3.63, 3.8) is 0 Å². The average molecular weight is 332 g/mol. The first-order valence-corrected chi connectivity index (χ1v) is 8.58. The van der Waals surface area contributed by atoms with Gasteiger partial charge in [-0.25, -0.2) is 0 Å². The van der Waals surface area contributed by atoms with Crippen LogP contribution in [-0.2, 0) is 14.9 Å². The van der Waals surface area contributed by atoms with Crippen LogP contribution in [0.1, 0.15) is 49.8 Å². The van der Waals surface area contributed by atoms with Gasteiger partial charge in [0.25, 0.3) is 0 Å². The second-order valence-electron chi connectivity index (χ2n) is 7.28. The zero-order chi connectivity index (χ0) is 17.7. The summed E-state index contributed by atoms with van der Waals surface area (Å²) in [5.74, 6) is -0.333. The number of aryl methyl sites for hydroxylation is 1. The van der Waals surface area contributed by atoms with Crippen LogP contribution >= 0.6 is 0 Å². The third kappa shape index (κ3) is 4.92. The molecule has 0 bridgehead atoms. The molecule has 1 atom stereocenters. The Morgan fingerprint density at radius 1 is 1.33 bits per heavy atom. The van der Waals surface area contributed by atoms with Crippen molar-refractivity contribution in [2.45, 2.75) is 51.6 Å². The second-order valence-corrected chi connectivity index (χ2v) is 7.28. The summed E-state index contributed by atoms with van der Waals surface area (Å²) in [6.07, 6.45) is 5.97. The van der Waals surface area contributed by atoms with E-state index in [9.17, 15) is 15.0 Å². The van der Waals surface area contributed by atoms with Crippen LogP contribution < -0.4 is 0 Å². The minimum absolute atomic E-state index is 0.482. The summed E-state index contributed by atoms with van der Waals surface area (Å²) in [4.78, 5) is 11.5. The van der Waals surface area contributed by atoms with Gasteiger partial charge in [0, 0.05) is 13.2 Å². The van der Waals surface area contributed by atoms with Crippen molar-refractivity contribution >= 4 is 12.0 Å². The number of benzene rings is 1. The van der Waals surface area contributed by atoms with E-state index in [1.807, 2.05) is 37.3 Å². The lowest BCUT2D eigenvalue weighted by Crippen LogP contribution is -2.28. The van der Waals surface area contributed by atoms with Gasteiger partial charge < -0.3 is 14.9 Å². The summed E-state index contributed by atoms with van der Waals surface area (Å²) in [7, 11) is 0. The minimum atomic E-state index is -0.935. The summed E-state index contributed by atoms with van der Waals surface area (Å²) in [5, 5.41) is 19.6. The fourth-order valence-corrected chi connectivity index (χ4v) is 3.02. The maximum Gasteiger partial charge on any atom is 0.313 e. The van der Waals surface area contributed by atoms with E-state index < -0.39 is 17.5 Å². The van der Waals surface area contributed by atoms with Gasteiger partial charge in [-0.2, -0.15) is 0 Å². The van der Waals surface area contributed by atoms with E-state index in [0.717, 1.165) is 49.2 Å². The Labute approximate surface area is 144 Å². The van der Waals surface area contributed by atoms with Gasteiger partial charge in [-0.3, -0.25) is 4.79 Å². The van der Waals surface area contributed by atoms with Crippen molar-refractivity contribution < 1.29 is 19.7 Å². The number of carbonyl (C=O) groups is 1. The Morgan fingerprint density at radius 3 is 2.62 bits per heavy atom. The molecule has 2 N–H and O–H groups in total. The Morgan fingerprint density at radius 2 is 2.00 bits per heavy atom. The monoisotopic (exact) mass is 332 g/mol. The smallest absolute Gasteiger partial charge is 0.313 e. The minimum Gasteiger partial charge on any atom is -0.481 e. The quantitative estimate of drug-likeness (QED) is 0.836. The lowest BCUT2D eigenvalue weighted by Gasteiger charge is -2.23. The molecule has 1 aromatic rings. The molecule has 1 aliphatic rings. The molecule has 4 nitrogen and oxygen atoms in total. The fourth-order valence-electron chi connectivity index (χ4n) is 3.02. The summed E-state index contributed by atoms with van der Waals surface area (Å²) < 4.78 is 5.34. The molecule has 4 heteroatoms. The van der Waals surface area contributed by atoms with Gasteiger partial charge in [0.1, 0.15) is 0 Å². The third-order valence-corrected chi connectivity index (χ3v) is 4.78. The number of hydrogen-bond acceptors (Lipinski definition) is 3. The maximum absolute atomic E-state index is 11.5. The molecule has 1 aliphatic heterocycles. The molecule has 24 heavy (non-hydrogen) atoms. The summed E-state index contributed by atoms with van der Waals surface area (Å²) in [6, 6.07) is 5.79. The van der Waals surface area contributed by atoms with Crippen LogP contribution in [0.4, 0.5) is 0 Å². The Bertz CT molecular complexity index is 598. The molecule has 0 aliphatic carbocycles. The molecule has 1 fully saturated rings. The Hall–Kier alpha value is -1.65. The van der Waals surface area contributed by atoms with Gasteiger partial charge in [0.2, 0.25) is 0 Å². The molecule has 1 heterocycles. The van der Waals surface area contributed by atoms with E-state index in [0.29, 0.717) is 5.92 Å². The van der Waals surface area contributed by atoms with Crippen molar-refractivity contribution in [1.82, 2.24) is 0 Å². The number of hydrogen-bond donors (Lipinski definition) is 2. The standard InChI is InChI=1S/C20H28O4/c1-14-10-16(12-17(11-14)20(2,3)19(22)23)4-5-18(21)13-15-6-8-24-9-7-15/h4-5,10-12,15,18,21H,6-9,13H2,1-3H3,(H,22,23)/b5-4+. The predicted octanol–water partition coefficient (Wildman–Crippen LogP) is 3.55. The van der Waals surface area contributed by atoms with E-state index in [4.69, 9.17) is 4.74 Å². The number of rotatable bonds is 6. The molecule has 0 saturated carbocycles. The number of ether oxygens (including phenoxy) is 1. The molecule has 1 unspecified atom stereocenters. The molecule has 0 amide bonds. The highest BCUT2D eigenvalue weighted by atomic mass is 16.5. The molecular weight excluding hydrogens is 304 g/mol. The highest BCUT2D eigenvalue weighted by molar-refractivity contribution is 5.80. The molecule has 0 radical (unpaired) electrons. The molecule has 2 rings (SSSR count). The van der Waals surface area contributed by atoms with Gasteiger partial charge in [0.05, 0.1) is 11.5 Å². The topological polar surface area (TPSA) is 66.8 Å². The number of aliphatic hydroxyl groups excluding tert-OH is 1. The van der Waals surface area contributed by atoms with Gasteiger partial charge in [-0.05, 0) is 57.1 Å². The van der Waals surface area contributed by atoms with Crippen LogP contribution in [-0.4, -0.2) is 35.5 Å². The third-order valence-electron chi connectivity index (χ3n) is 4.78. The average Bonchev–Trinajstić information content (AvgIpc) is 2.53. The van der Waals surface area contributed by atoms with E-state index in [-0.39, 0.29) is 0 Å². The van der Waals surface area contributed by atoms with Crippen molar-refractivity contribution in [2.75, 3.05) is 13.2 Å². The van der Waals surface area contributed by atoms with Crippen LogP contribution in [0.3, 0.4) is 0 Å². The van der Waals surface area contributed by atoms with E-state index in [1.54, 1.807) is 13.8 Å². The maximum atomic E-state index is 11.5. The van der Waals surface area contributed by atoms with Gasteiger partial charge in [-0.1, -0.05) is 35.9 Å². The van der Waals surface area contributed by atoms with Crippen molar-refractivity contribution in [2.24, 2.45) is 5.92 Å². The number of carboxylic acids is 1. The first kappa shape index (κ1) is 18.7. The van der Waals surface area contributed by atoms with Crippen LogP contribution in [0.25, 0.3) is 6.08 Å². The van der Waals surface area contributed by atoms with E-state index >= 15 is 0 Å². The number of aliphatic carboxylic acids is 1. The number of aliphatic hydroxyl groups is 1. The van der Waals surface area contributed by atoms with E-state index in [2.05, 4.69) is 0 Å². The molecule has 0 aromatic heterocycles. The first-order chi connectivity index (χ1) is 11.3. The Kier molecular flexibility index (Phi) is 6.19. The molecule has 1 saturated heterocycles. The first-order valence-electron chi connectivity index (χ1n) is 8.58. The normalized spacial score (nSPS) is 18.0. The van der Waals surface area contributed by atoms with Crippen LogP contribution in [0.5, 0.6) is 0 Å². The van der Waals surface area contributed by atoms with Crippen molar-refractivity contribution in [1.29, 1.82) is 0 Å². The van der Waals surface area contributed by atoms with Gasteiger partial charge >= 0.3 is 5.97 Å². The molecular formula is C20H28O4. The SMILES string of the molecule is Cc1cc(/C=C/C(O)CC2CCOCC2)cc(C(C)(C)C(=O)O)c1.